The lowest BCUT2D eigenvalue weighted by molar-refractivity contribution is -0.384. The van der Waals surface area contributed by atoms with E-state index in [2.05, 4.69) is 20.1 Å². The Labute approximate surface area is 164 Å². The second-order valence-corrected chi connectivity index (χ2v) is 5.98. The van der Waals surface area contributed by atoms with E-state index in [1.807, 2.05) is 0 Å². The van der Waals surface area contributed by atoms with E-state index < -0.39 is 4.92 Å². The van der Waals surface area contributed by atoms with Crippen molar-refractivity contribution in [1.82, 2.24) is 19.7 Å². The van der Waals surface area contributed by atoms with Crippen molar-refractivity contribution in [2.45, 2.75) is 13.8 Å². The fourth-order valence-electron chi connectivity index (χ4n) is 2.74. The second-order valence-electron chi connectivity index (χ2n) is 5.98. The summed E-state index contributed by atoms with van der Waals surface area (Å²) in [5, 5.41) is 13.8. The van der Waals surface area contributed by atoms with Gasteiger partial charge in [-0.25, -0.2) is 9.67 Å². The number of non-ortho nitro benzene ring substituents is 1. The molecule has 0 aliphatic heterocycles. The molecule has 0 amide bonds. The second kappa shape index (κ2) is 7.92. The fourth-order valence-corrected chi connectivity index (χ4v) is 2.74. The molecule has 0 fully saturated rings. The van der Waals surface area contributed by atoms with Crippen LogP contribution in [0.4, 0.5) is 11.6 Å². The van der Waals surface area contributed by atoms with Gasteiger partial charge in [-0.3, -0.25) is 20.0 Å². The number of aromatic nitrogens is 4. The lowest BCUT2D eigenvalue weighted by Crippen LogP contribution is -2.19. The van der Waals surface area contributed by atoms with Gasteiger partial charge in [0.1, 0.15) is 0 Å². The lowest BCUT2D eigenvalue weighted by Gasteiger charge is -2.04. The van der Waals surface area contributed by atoms with E-state index in [0.717, 1.165) is 0 Å². The molecule has 29 heavy (non-hydrogen) atoms. The first-order chi connectivity index (χ1) is 13.8. The first kappa shape index (κ1) is 19.7. The van der Waals surface area contributed by atoms with Crippen LogP contribution in [-0.2, 0) is 0 Å². The smallest absolute Gasteiger partial charge is 0.280 e. The minimum atomic E-state index is -0.503. The maximum absolute atomic E-state index is 12.9. The molecule has 0 aliphatic carbocycles. The number of benzene rings is 1. The molecule has 1 N–H and O–H groups in total. The largest absolute Gasteiger partial charge is 0.481 e. The number of methoxy groups -OCH3 is 2. The maximum Gasteiger partial charge on any atom is 0.280 e. The highest BCUT2D eigenvalue weighted by molar-refractivity contribution is 6.00. The van der Waals surface area contributed by atoms with Gasteiger partial charge in [0.05, 0.1) is 42.2 Å². The number of hydrogen-bond donors (Lipinski definition) is 1. The molecule has 0 atom stereocenters. The Bertz CT molecular complexity index is 1120. The minimum absolute atomic E-state index is 0.0628. The predicted octanol–water partition coefficient (Wildman–Crippen LogP) is 2.33. The van der Waals surface area contributed by atoms with Gasteiger partial charge in [0.2, 0.25) is 11.8 Å². The highest BCUT2D eigenvalue weighted by Gasteiger charge is 2.17. The monoisotopic (exact) mass is 398 g/mol. The Morgan fingerprint density at radius 1 is 1.17 bits per heavy atom. The van der Waals surface area contributed by atoms with Crippen LogP contribution in [0.5, 0.6) is 11.8 Å². The Kier molecular flexibility index (Phi) is 5.39. The molecular weight excluding hydrogens is 380 g/mol. The molecule has 11 heteroatoms. The van der Waals surface area contributed by atoms with Gasteiger partial charge in [-0.2, -0.15) is 9.97 Å². The number of H-pyrrole nitrogens is 1. The van der Waals surface area contributed by atoms with E-state index in [-0.39, 0.29) is 29.0 Å². The third kappa shape index (κ3) is 3.98. The summed E-state index contributed by atoms with van der Waals surface area (Å²) in [7, 11) is 2.92. The van der Waals surface area contributed by atoms with E-state index in [0.29, 0.717) is 22.7 Å². The summed E-state index contributed by atoms with van der Waals surface area (Å²) in [5.41, 5.74) is 1.35. The zero-order valence-corrected chi connectivity index (χ0v) is 16.2. The number of aliphatic imine (C=N–C) groups is 1. The SMILES string of the molecule is COc1cc(OC)nc(N=C(C)c2c(C)[nH]n(-c3ccc([N+](=O)[O-])cc3)c2=O)n1. The summed E-state index contributed by atoms with van der Waals surface area (Å²) in [6.07, 6.45) is 0. The van der Waals surface area contributed by atoms with Crippen LogP contribution in [0, 0.1) is 17.0 Å². The van der Waals surface area contributed by atoms with Crippen LogP contribution >= 0.6 is 0 Å². The van der Waals surface area contributed by atoms with Gasteiger partial charge in [-0.05, 0) is 26.0 Å². The summed E-state index contributed by atoms with van der Waals surface area (Å²) >= 11 is 0. The van der Waals surface area contributed by atoms with Gasteiger partial charge in [0.25, 0.3) is 17.2 Å². The van der Waals surface area contributed by atoms with Crippen molar-refractivity contribution in [3.05, 3.63) is 62.1 Å². The molecule has 0 unspecified atom stereocenters. The predicted molar refractivity (Wildman–Crippen MR) is 105 cm³/mol. The first-order valence-corrected chi connectivity index (χ1v) is 8.43. The van der Waals surface area contributed by atoms with Crippen LogP contribution < -0.4 is 15.0 Å². The lowest BCUT2D eigenvalue weighted by atomic mass is 10.2. The molecule has 2 aromatic heterocycles. The highest BCUT2D eigenvalue weighted by atomic mass is 16.6. The van der Waals surface area contributed by atoms with E-state index in [9.17, 15) is 14.9 Å². The molecule has 3 aromatic rings. The highest BCUT2D eigenvalue weighted by Crippen LogP contribution is 2.20. The maximum atomic E-state index is 12.9. The van der Waals surface area contributed by atoms with Gasteiger partial charge in [-0.15, -0.1) is 0 Å². The summed E-state index contributed by atoms with van der Waals surface area (Å²) in [6, 6.07) is 7.14. The number of aromatic amines is 1. The molecule has 0 aliphatic rings. The third-order valence-electron chi connectivity index (χ3n) is 4.11. The van der Waals surface area contributed by atoms with E-state index >= 15 is 0 Å². The summed E-state index contributed by atoms with van der Waals surface area (Å²) in [5.74, 6) is 0.635. The summed E-state index contributed by atoms with van der Waals surface area (Å²) in [4.78, 5) is 35.8. The van der Waals surface area contributed by atoms with Crippen molar-refractivity contribution in [2.75, 3.05) is 14.2 Å². The van der Waals surface area contributed by atoms with E-state index in [4.69, 9.17) is 9.47 Å². The molecule has 0 saturated carbocycles. The molecule has 0 radical (unpaired) electrons. The number of nitrogens with one attached hydrogen (secondary N) is 1. The molecule has 150 valence electrons. The molecule has 11 nitrogen and oxygen atoms in total. The topological polar surface area (TPSA) is 138 Å². The molecule has 0 saturated heterocycles. The standard InChI is InChI=1S/C18H18N6O5/c1-10(19-18-20-14(28-3)9-15(21-18)29-4)16-11(2)22-23(17(16)25)12-5-7-13(8-6-12)24(26)27/h5-9,22H,1-4H3. The van der Waals surface area contributed by atoms with Crippen molar-refractivity contribution >= 4 is 17.3 Å². The van der Waals surface area contributed by atoms with Crippen molar-refractivity contribution in [3.63, 3.8) is 0 Å². The Hall–Kier alpha value is -4.02. The third-order valence-corrected chi connectivity index (χ3v) is 4.11. The molecular formula is C18H18N6O5. The van der Waals surface area contributed by atoms with Crippen LogP contribution in [0.15, 0.2) is 40.1 Å². The van der Waals surface area contributed by atoms with Crippen molar-refractivity contribution < 1.29 is 14.4 Å². The van der Waals surface area contributed by atoms with Gasteiger partial charge < -0.3 is 9.47 Å². The average molecular weight is 398 g/mol. The number of rotatable bonds is 6. The summed E-state index contributed by atoms with van der Waals surface area (Å²) in [6.45, 7) is 3.39. The molecule has 1 aromatic carbocycles. The van der Waals surface area contributed by atoms with Crippen LogP contribution in [0.25, 0.3) is 5.69 Å². The van der Waals surface area contributed by atoms with Crippen LogP contribution in [-0.4, -0.2) is 44.6 Å². The Morgan fingerprint density at radius 3 is 2.28 bits per heavy atom. The van der Waals surface area contributed by atoms with Crippen molar-refractivity contribution in [2.24, 2.45) is 4.99 Å². The zero-order chi connectivity index (χ0) is 21.1. The first-order valence-electron chi connectivity index (χ1n) is 8.43. The number of nitro benzene ring substituents is 1. The fraction of sp³-hybridized carbons (Fsp3) is 0.222. The normalized spacial score (nSPS) is 11.4. The summed E-state index contributed by atoms with van der Waals surface area (Å²) < 4.78 is 11.5. The van der Waals surface area contributed by atoms with E-state index in [1.54, 1.807) is 13.8 Å². The molecule has 2 heterocycles. The van der Waals surface area contributed by atoms with Crippen LogP contribution in [0.3, 0.4) is 0 Å². The molecule has 0 bridgehead atoms. The zero-order valence-electron chi connectivity index (χ0n) is 16.2. The average Bonchev–Trinajstić information content (AvgIpc) is 3.01. The number of hydrogen-bond acceptors (Lipinski definition) is 8. The minimum Gasteiger partial charge on any atom is -0.481 e. The van der Waals surface area contributed by atoms with Gasteiger partial charge >= 0.3 is 0 Å². The van der Waals surface area contributed by atoms with E-state index in [1.165, 1.54) is 49.2 Å². The Morgan fingerprint density at radius 2 is 1.76 bits per heavy atom. The van der Waals surface area contributed by atoms with Crippen molar-refractivity contribution in [1.29, 1.82) is 0 Å². The van der Waals surface area contributed by atoms with Gasteiger partial charge in [0.15, 0.2) is 0 Å². The van der Waals surface area contributed by atoms with Gasteiger partial charge in [0, 0.05) is 17.8 Å². The molecule has 3 rings (SSSR count). The number of nitrogens with zero attached hydrogens (tertiary/aromatic N) is 5. The number of nitro groups is 1. The molecule has 0 spiro atoms. The number of aryl methyl sites for hydroxylation is 1. The van der Waals surface area contributed by atoms with Crippen LogP contribution in [0.2, 0.25) is 0 Å². The quantitative estimate of drug-likeness (QED) is 0.382. The Balaban J connectivity index is 2.03. The van der Waals surface area contributed by atoms with Gasteiger partial charge in [-0.1, -0.05) is 0 Å². The van der Waals surface area contributed by atoms with Crippen molar-refractivity contribution in [3.8, 4) is 17.4 Å². The van der Waals surface area contributed by atoms with Crippen LogP contribution in [0.1, 0.15) is 18.2 Å². The number of ether oxygens (including phenoxy) is 2.